The third-order valence-electron chi connectivity index (χ3n) is 3.02. The molecular formula is C15H17NO3. The van der Waals surface area contributed by atoms with E-state index in [0.717, 1.165) is 6.42 Å². The lowest BCUT2D eigenvalue weighted by Gasteiger charge is -2.05. The van der Waals surface area contributed by atoms with E-state index >= 15 is 0 Å². The number of nitrogens with one attached hydrogen (secondary N) is 1. The molecule has 0 saturated heterocycles. The van der Waals surface area contributed by atoms with Gasteiger partial charge in [-0.1, -0.05) is 31.2 Å². The Morgan fingerprint density at radius 2 is 1.84 bits per heavy atom. The second kappa shape index (κ2) is 6.20. The molecule has 4 nitrogen and oxygen atoms in total. The van der Waals surface area contributed by atoms with Crippen LogP contribution in [0, 0.1) is 0 Å². The number of aryl methyl sites for hydroxylation is 1. The van der Waals surface area contributed by atoms with Crippen molar-refractivity contribution in [1.82, 2.24) is 5.32 Å². The highest BCUT2D eigenvalue weighted by Crippen LogP contribution is 2.11. The van der Waals surface area contributed by atoms with Crippen LogP contribution in [0.4, 0.5) is 0 Å². The zero-order valence-corrected chi connectivity index (χ0v) is 10.8. The number of hydrogen-bond donors (Lipinski definition) is 2. The van der Waals surface area contributed by atoms with Crippen LogP contribution in [0.1, 0.15) is 34.2 Å². The van der Waals surface area contributed by atoms with Gasteiger partial charge in [-0.05, 0) is 23.6 Å². The number of aromatic carboxylic acids is 1. The second-order valence-electron chi connectivity index (χ2n) is 4.34. The van der Waals surface area contributed by atoms with E-state index in [0.29, 0.717) is 18.8 Å². The second-order valence-corrected chi connectivity index (χ2v) is 4.34. The fraction of sp³-hybridized carbons (Fsp3) is 0.267. The van der Waals surface area contributed by atoms with Gasteiger partial charge < -0.3 is 14.8 Å². The molecule has 2 aromatic rings. The molecule has 19 heavy (non-hydrogen) atoms. The Kier molecular flexibility index (Phi) is 4.36. The van der Waals surface area contributed by atoms with Crippen LogP contribution in [-0.2, 0) is 19.5 Å². The summed E-state index contributed by atoms with van der Waals surface area (Å²) in [7, 11) is 0. The van der Waals surface area contributed by atoms with Crippen LogP contribution in [-0.4, -0.2) is 11.1 Å². The predicted molar refractivity (Wildman–Crippen MR) is 72.0 cm³/mol. The van der Waals surface area contributed by atoms with Crippen molar-refractivity contribution >= 4 is 5.97 Å². The van der Waals surface area contributed by atoms with E-state index in [-0.39, 0.29) is 5.56 Å². The molecule has 1 aromatic carbocycles. The van der Waals surface area contributed by atoms with Crippen LogP contribution in [0.25, 0.3) is 0 Å². The molecule has 2 N–H and O–H groups in total. The minimum absolute atomic E-state index is 0.217. The van der Waals surface area contributed by atoms with Crippen molar-refractivity contribution in [3.05, 3.63) is 59.0 Å². The van der Waals surface area contributed by atoms with Gasteiger partial charge in [0.1, 0.15) is 11.3 Å². The lowest BCUT2D eigenvalue weighted by Crippen LogP contribution is -2.14. The molecular weight excluding hydrogens is 242 g/mol. The Labute approximate surface area is 112 Å². The van der Waals surface area contributed by atoms with Crippen molar-refractivity contribution in [1.29, 1.82) is 0 Å². The number of carboxylic acid groups (broad SMARTS) is 1. The van der Waals surface area contributed by atoms with Crippen LogP contribution in [0.15, 0.2) is 41.0 Å². The van der Waals surface area contributed by atoms with Gasteiger partial charge in [-0.3, -0.25) is 0 Å². The van der Waals surface area contributed by atoms with Crippen molar-refractivity contribution in [2.24, 2.45) is 0 Å². The summed E-state index contributed by atoms with van der Waals surface area (Å²) in [4.78, 5) is 10.9. The summed E-state index contributed by atoms with van der Waals surface area (Å²) in [6.45, 7) is 3.21. The van der Waals surface area contributed by atoms with E-state index < -0.39 is 5.97 Å². The summed E-state index contributed by atoms with van der Waals surface area (Å²) in [6.07, 6.45) is 2.43. The highest BCUT2D eigenvalue weighted by Gasteiger charge is 2.12. The maximum Gasteiger partial charge on any atom is 0.339 e. The maximum absolute atomic E-state index is 10.9. The summed E-state index contributed by atoms with van der Waals surface area (Å²) in [5.74, 6) is -0.504. The smallest absolute Gasteiger partial charge is 0.339 e. The molecule has 0 aliphatic heterocycles. The van der Waals surface area contributed by atoms with Gasteiger partial charge >= 0.3 is 5.97 Å². The Balaban J connectivity index is 1.89. The number of benzene rings is 1. The SMILES string of the molecule is CCc1ccc(CNCc2occc2C(=O)O)cc1. The zero-order valence-electron chi connectivity index (χ0n) is 10.8. The van der Waals surface area contributed by atoms with Crippen LogP contribution >= 0.6 is 0 Å². The van der Waals surface area contributed by atoms with Crippen LogP contribution in [0.5, 0.6) is 0 Å². The third-order valence-corrected chi connectivity index (χ3v) is 3.02. The van der Waals surface area contributed by atoms with Gasteiger partial charge in [-0.15, -0.1) is 0 Å². The van der Waals surface area contributed by atoms with Gasteiger partial charge in [0.15, 0.2) is 0 Å². The van der Waals surface area contributed by atoms with Crippen molar-refractivity contribution in [2.45, 2.75) is 26.4 Å². The molecule has 1 heterocycles. The van der Waals surface area contributed by atoms with Crippen LogP contribution in [0.3, 0.4) is 0 Å². The van der Waals surface area contributed by atoms with E-state index in [2.05, 4.69) is 36.5 Å². The minimum atomic E-state index is -0.960. The van der Waals surface area contributed by atoms with E-state index in [1.54, 1.807) is 0 Å². The molecule has 0 radical (unpaired) electrons. The van der Waals surface area contributed by atoms with Crippen LogP contribution < -0.4 is 5.32 Å². The first kappa shape index (κ1) is 13.4. The van der Waals surface area contributed by atoms with Crippen molar-refractivity contribution in [3.8, 4) is 0 Å². The topological polar surface area (TPSA) is 62.5 Å². The monoisotopic (exact) mass is 259 g/mol. The molecule has 0 fully saturated rings. The predicted octanol–water partition coefficient (Wildman–Crippen LogP) is 2.83. The molecule has 4 heteroatoms. The first-order valence-electron chi connectivity index (χ1n) is 6.29. The van der Waals surface area contributed by atoms with Gasteiger partial charge in [0.05, 0.1) is 12.8 Å². The fourth-order valence-corrected chi connectivity index (χ4v) is 1.88. The number of furan rings is 1. The van der Waals surface area contributed by atoms with E-state index in [4.69, 9.17) is 9.52 Å². The van der Waals surface area contributed by atoms with E-state index in [9.17, 15) is 4.79 Å². The van der Waals surface area contributed by atoms with Gasteiger partial charge in [0.25, 0.3) is 0 Å². The molecule has 0 atom stereocenters. The third kappa shape index (κ3) is 3.45. The molecule has 0 unspecified atom stereocenters. The molecule has 0 aliphatic carbocycles. The molecule has 0 saturated carbocycles. The van der Waals surface area contributed by atoms with Gasteiger partial charge in [-0.25, -0.2) is 4.79 Å². The average molecular weight is 259 g/mol. The number of carbonyl (C=O) groups is 1. The zero-order chi connectivity index (χ0) is 13.7. The molecule has 0 aliphatic rings. The Morgan fingerprint density at radius 1 is 1.16 bits per heavy atom. The summed E-state index contributed by atoms with van der Waals surface area (Å²) in [5.41, 5.74) is 2.69. The first-order valence-corrected chi connectivity index (χ1v) is 6.29. The Morgan fingerprint density at radius 3 is 2.47 bits per heavy atom. The van der Waals surface area contributed by atoms with Crippen LogP contribution in [0.2, 0.25) is 0 Å². The number of rotatable bonds is 6. The molecule has 1 aromatic heterocycles. The maximum atomic E-state index is 10.9. The quantitative estimate of drug-likeness (QED) is 0.837. The highest BCUT2D eigenvalue weighted by molar-refractivity contribution is 5.88. The largest absolute Gasteiger partial charge is 0.478 e. The number of hydrogen-bond acceptors (Lipinski definition) is 3. The Hall–Kier alpha value is -2.07. The lowest BCUT2D eigenvalue weighted by atomic mass is 10.1. The van der Waals surface area contributed by atoms with Gasteiger partial charge in [-0.2, -0.15) is 0 Å². The standard InChI is InChI=1S/C15H17NO3/c1-2-11-3-5-12(6-4-11)9-16-10-14-13(15(17)18)7-8-19-14/h3-8,16H,2,9-10H2,1H3,(H,17,18). The fourth-order valence-electron chi connectivity index (χ4n) is 1.88. The van der Waals surface area contributed by atoms with Crippen molar-refractivity contribution < 1.29 is 14.3 Å². The molecule has 0 bridgehead atoms. The molecule has 2 rings (SSSR count). The molecule has 0 amide bonds. The summed E-state index contributed by atoms with van der Waals surface area (Å²) < 4.78 is 5.16. The summed E-state index contributed by atoms with van der Waals surface area (Å²) >= 11 is 0. The van der Waals surface area contributed by atoms with E-state index in [1.165, 1.54) is 23.5 Å². The summed E-state index contributed by atoms with van der Waals surface area (Å²) in [6, 6.07) is 9.83. The van der Waals surface area contributed by atoms with Crippen molar-refractivity contribution in [3.63, 3.8) is 0 Å². The average Bonchev–Trinajstić information content (AvgIpc) is 2.88. The normalized spacial score (nSPS) is 10.6. The van der Waals surface area contributed by atoms with E-state index in [1.807, 2.05) is 0 Å². The highest BCUT2D eigenvalue weighted by atomic mass is 16.4. The first-order chi connectivity index (χ1) is 9.20. The lowest BCUT2D eigenvalue weighted by molar-refractivity contribution is 0.0694. The minimum Gasteiger partial charge on any atom is -0.478 e. The summed E-state index contributed by atoms with van der Waals surface area (Å²) in [5, 5.41) is 12.1. The molecule has 0 spiro atoms. The molecule has 100 valence electrons. The number of carboxylic acids is 1. The van der Waals surface area contributed by atoms with Gasteiger partial charge in [0, 0.05) is 6.54 Å². The van der Waals surface area contributed by atoms with Crippen molar-refractivity contribution in [2.75, 3.05) is 0 Å². The van der Waals surface area contributed by atoms with Gasteiger partial charge in [0.2, 0.25) is 0 Å². The Bertz CT molecular complexity index is 543.